The van der Waals surface area contributed by atoms with Crippen LogP contribution < -0.4 is 5.73 Å². The van der Waals surface area contributed by atoms with Crippen molar-refractivity contribution in [3.63, 3.8) is 0 Å². The number of sulfone groups is 1. The van der Waals surface area contributed by atoms with Crippen LogP contribution in [0.1, 0.15) is 43.1 Å². The van der Waals surface area contributed by atoms with Crippen molar-refractivity contribution in [2.75, 3.05) is 5.73 Å². The van der Waals surface area contributed by atoms with Gasteiger partial charge in [0, 0.05) is 18.8 Å². The number of anilines is 1. The molecule has 6 nitrogen and oxygen atoms in total. The zero-order chi connectivity index (χ0) is 20.1. The smallest absolute Gasteiger partial charge is 0.248 e. The molecule has 3 N–H and O–H groups in total. The van der Waals surface area contributed by atoms with Gasteiger partial charge in [-0.25, -0.2) is 27.2 Å². The Hall–Kier alpha value is -2.73. The highest BCUT2D eigenvalue weighted by Crippen LogP contribution is 2.43. The van der Waals surface area contributed by atoms with Crippen molar-refractivity contribution in [1.29, 1.82) is 0 Å². The number of hydrogen-bond donors (Lipinski definition) is 2. The molecule has 0 unspecified atom stereocenters. The summed E-state index contributed by atoms with van der Waals surface area (Å²) in [6.07, 6.45) is 0.0820. The number of fused-ring (bicyclic) bond motifs is 1. The number of rotatable bonds is 3. The van der Waals surface area contributed by atoms with Crippen LogP contribution in [0.5, 0.6) is 0 Å². The van der Waals surface area contributed by atoms with Crippen LogP contribution in [0.2, 0.25) is 0 Å². The van der Waals surface area contributed by atoms with Crippen molar-refractivity contribution in [1.82, 2.24) is 15.0 Å². The van der Waals surface area contributed by atoms with Crippen molar-refractivity contribution in [2.24, 2.45) is 0 Å². The lowest BCUT2D eigenvalue weighted by molar-refractivity contribution is -0.0384. The molecular weight excluding hydrogens is 386 g/mol. The Morgan fingerprint density at radius 2 is 2.00 bits per heavy atom. The average Bonchev–Trinajstić information content (AvgIpc) is 2.98. The van der Waals surface area contributed by atoms with Gasteiger partial charge in [0.25, 0.3) is 0 Å². The van der Waals surface area contributed by atoms with Gasteiger partial charge in [-0.2, -0.15) is 0 Å². The summed E-state index contributed by atoms with van der Waals surface area (Å²) < 4.78 is 53.3. The minimum Gasteiger partial charge on any atom is -0.384 e. The van der Waals surface area contributed by atoms with Crippen molar-refractivity contribution in [3.05, 3.63) is 41.9 Å². The second-order valence-corrected chi connectivity index (χ2v) is 8.90. The largest absolute Gasteiger partial charge is 0.384 e. The Bertz CT molecular complexity index is 1130. The molecule has 0 bridgehead atoms. The van der Waals surface area contributed by atoms with Gasteiger partial charge < -0.3 is 10.7 Å². The number of H-pyrrole nitrogens is 1. The SMILES string of the molecule is Cc1nc(C2CCC(F)(F)CC2)c2[nH]c(N)c(S(=O)(=O)c3c#cccc3)c2n1. The third kappa shape index (κ3) is 3.07. The van der Waals surface area contributed by atoms with Crippen LogP contribution in [0.25, 0.3) is 11.0 Å². The van der Waals surface area contributed by atoms with Crippen LogP contribution in [0.15, 0.2) is 28.0 Å². The summed E-state index contributed by atoms with van der Waals surface area (Å²) in [6, 6.07) is 9.69. The van der Waals surface area contributed by atoms with Crippen LogP contribution >= 0.6 is 0 Å². The fourth-order valence-electron chi connectivity index (χ4n) is 3.69. The second kappa shape index (κ2) is 6.41. The summed E-state index contributed by atoms with van der Waals surface area (Å²) in [4.78, 5) is 11.4. The molecular formula is C19H18F2N4O2S. The molecule has 2 heterocycles. The highest BCUT2D eigenvalue weighted by molar-refractivity contribution is 7.91. The summed E-state index contributed by atoms with van der Waals surface area (Å²) in [5, 5.41) is 0. The summed E-state index contributed by atoms with van der Waals surface area (Å²) in [5.41, 5.74) is 7.12. The summed E-state index contributed by atoms with van der Waals surface area (Å²) in [6.45, 7) is 1.64. The van der Waals surface area contributed by atoms with E-state index in [4.69, 9.17) is 5.73 Å². The molecule has 4 rings (SSSR count). The first-order valence-electron chi connectivity index (χ1n) is 8.86. The lowest BCUT2D eigenvalue weighted by Crippen LogP contribution is -2.24. The number of nitrogens with one attached hydrogen (secondary N) is 1. The molecule has 146 valence electrons. The molecule has 0 aliphatic heterocycles. The Kier molecular flexibility index (Phi) is 4.27. The maximum absolute atomic E-state index is 13.6. The maximum atomic E-state index is 13.6. The van der Waals surface area contributed by atoms with Crippen molar-refractivity contribution < 1.29 is 17.2 Å². The third-order valence-corrected chi connectivity index (χ3v) is 6.82. The number of aryl methyl sites for hydroxylation is 1. The van der Waals surface area contributed by atoms with Gasteiger partial charge in [-0.05, 0) is 38.0 Å². The normalized spacial score (nSPS) is 17.5. The Morgan fingerprint density at radius 3 is 2.64 bits per heavy atom. The highest BCUT2D eigenvalue weighted by Gasteiger charge is 2.37. The number of alkyl halides is 2. The standard InChI is InChI=1S/C19H18F2N4O2S/c1-11-23-14(12-7-9-19(20,21)10-8-12)15-16(24-11)17(18(22)25-15)28(26,27)13-5-3-2-4-6-13/h2-3,5,12,25H,7-10,22H2,1H3. The fourth-order valence-corrected chi connectivity index (χ4v) is 5.10. The lowest BCUT2D eigenvalue weighted by Gasteiger charge is -2.28. The molecule has 1 saturated carbocycles. The molecule has 28 heavy (non-hydrogen) atoms. The first-order valence-corrected chi connectivity index (χ1v) is 10.3. The molecule has 0 amide bonds. The van der Waals surface area contributed by atoms with E-state index in [9.17, 15) is 17.2 Å². The predicted octanol–water partition coefficient (Wildman–Crippen LogP) is 3.57. The quantitative estimate of drug-likeness (QED) is 0.695. The Balaban J connectivity index is 1.88. The van der Waals surface area contributed by atoms with Gasteiger partial charge >= 0.3 is 0 Å². The number of hydrogen-bond acceptors (Lipinski definition) is 5. The number of aromatic nitrogens is 3. The third-order valence-electron chi connectivity index (χ3n) is 5.05. The molecule has 1 aromatic carbocycles. The molecule has 0 radical (unpaired) electrons. The maximum Gasteiger partial charge on any atom is 0.248 e. The van der Waals surface area contributed by atoms with E-state index in [-0.39, 0.29) is 52.7 Å². The highest BCUT2D eigenvalue weighted by atomic mass is 32.2. The van der Waals surface area contributed by atoms with Gasteiger partial charge in [0.1, 0.15) is 26.9 Å². The summed E-state index contributed by atoms with van der Waals surface area (Å²) in [7, 11) is -3.99. The van der Waals surface area contributed by atoms with Crippen LogP contribution in [-0.2, 0) is 9.84 Å². The van der Waals surface area contributed by atoms with Gasteiger partial charge in [-0.15, -0.1) is 0 Å². The van der Waals surface area contributed by atoms with E-state index >= 15 is 0 Å². The van der Waals surface area contributed by atoms with Crippen LogP contribution in [0.3, 0.4) is 0 Å². The van der Waals surface area contributed by atoms with Crippen molar-refractivity contribution in [3.8, 4) is 0 Å². The van der Waals surface area contributed by atoms with Gasteiger partial charge in [0.05, 0.1) is 11.2 Å². The minimum atomic E-state index is -3.99. The monoisotopic (exact) mass is 404 g/mol. The first-order chi connectivity index (χ1) is 13.2. The van der Waals surface area contributed by atoms with E-state index in [0.29, 0.717) is 17.0 Å². The number of aromatic amines is 1. The van der Waals surface area contributed by atoms with Crippen LogP contribution in [0, 0.1) is 19.1 Å². The molecule has 0 spiro atoms. The number of nitrogens with two attached hydrogens (primary N) is 1. The first kappa shape index (κ1) is 18.6. The van der Waals surface area contributed by atoms with E-state index in [0.717, 1.165) is 0 Å². The van der Waals surface area contributed by atoms with E-state index in [1.54, 1.807) is 19.1 Å². The molecule has 9 heteroatoms. The fraction of sp³-hybridized carbons (Fsp3) is 0.368. The van der Waals surface area contributed by atoms with Gasteiger partial charge in [-0.1, -0.05) is 12.1 Å². The van der Waals surface area contributed by atoms with Gasteiger partial charge in [-0.3, -0.25) is 0 Å². The van der Waals surface area contributed by atoms with Gasteiger partial charge in [0.15, 0.2) is 0 Å². The molecule has 1 fully saturated rings. The van der Waals surface area contributed by atoms with Crippen LogP contribution in [0.4, 0.5) is 14.6 Å². The summed E-state index contributed by atoms with van der Waals surface area (Å²) >= 11 is 0. The molecule has 0 saturated heterocycles. The lowest BCUT2D eigenvalue weighted by atomic mass is 9.84. The van der Waals surface area contributed by atoms with Crippen molar-refractivity contribution >= 4 is 26.7 Å². The molecule has 1 aliphatic rings. The summed E-state index contributed by atoms with van der Waals surface area (Å²) in [5.74, 6) is -2.58. The number of halogens is 2. The zero-order valence-corrected chi connectivity index (χ0v) is 15.9. The Morgan fingerprint density at radius 1 is 1.29 bits per heavy atom. The average molecular weight is 404 g/mol. The molecule has 0 atom stereocenters. The number of nitrogen functional groups attached to an aromatic ring is 1. The van der Waals surface area contributed by atoms with Gasteiger partial charge in [0.2, 0.25) is 15.8 Å². The van der Waals surface area contributed by atoms with E-state index in [1.807, 2.05) is 0 Å². The second-order valence-electron chi connectivity index (χ2n) is 7.04. The van der Waals surface area contributed by atoms with E-state index in [2.05, 4.69) is 27.1 Å². The molecule has 1 aliphatic carbocycles. The van der Waals surface area contributed by atoms with Crippen molar-refractivity contribution in [2.45, 2.75) is 54.2 Å². The Labute approximate surface area is 161 Å². The molecule has 2 aromatic heterocycles. The topological polar surface area (TPSA) is 102 Å². The zero-order valence-electron chi connectivity index (χ0n) is 15.1. The minimum absolute atomic E-state index is 0.0606. The van der Waals surface area contributed by atoms with Crippen LogP contribution in [-0.4, -0.2) is 29.3 Å². The van der Waals surface area contributed by atoms with E-state index < -0.39 is 15.8 Å². The van der Waals surface area contributed by atoms with E-state index in [1.165, 1.54) is 6.07 Å². The predicted molar refractivity (Wildman–Crippen MR) is 98.8 cm³/mol. The number of nitrogens with zero attached hydrogens (tertiary/aromatic N) is 2. The molecule has 3 aromatic rings.